The van der Waals surface area contributed by atoms with Gasteiger partial charge in [-0.15, -0.1) is 0 Å². The first-order chi connectivity index (χ1) is 18.9. The van der Waals surface area contributed by atoms with E-state index in [1.165, 1.54) is 30.3 Å². The third kappa shape index (κ3) is 4.55. The standard InChI is InChI=1S/C28H18F8N2O2/c1-3-15-18(29)22(33)26(23(34)19(15)30)39-28(40-27-24(35)20(31)16(4-2)21(32)25(27)36)11-13(7-10-17(28)38)12-5-8-14(37)9-6-12/h3-10H,1-2,11,37-38H2. The molecule has 0 saturated carbocycles. The van der Waals surface area contributed by atoms with Crippen molar-refractivity contribution in [1.29, 1.82) is 0 Å². The maximum absolute atomic E-state index is 15.0. The van der Waals surface area contributed by atoms with E-state index in [4.69, 9.17) is 20.9 Å². The molecule has 4 N–H and O–H groups in total. The molecule has 1 aliphatic carbocycles. The molecule has 0 heterocycles. The van der Waals surface area contributed by atoms with E-state index in [2.05, 4.69) is 13.2 Å². The number of rotatable bonds is 7. The Hall–Kier alpha value is -4.74. The lowest BCUT2D eigenvalue weighted by atomic mass is 9.91. The SMILES string of the molecule is C=Cc1c(F)c(F)c(OC2(Oc3c(F)c(F)c(C=C)c(F)c3F)CC(c3ccc(N)cc3)=CC=C2N)c(F)c1F. The number of nitrogens with two attached hydrogens (primary N) is 2. The molecule has 0 saturated heterocycles. The van der Waals surface area contributed by atoms with Gasteiger partial charge in [-0.1, -0.05) is 43.5 Å². The molecule has 0 aromatic heterocycles. The molecular formula is C28H18F8N2O2. The van der Waals surface area contributed by atoms with Crippen LogP contribution >= 0.6 is 0 Å². The van der Waals surface area contributed by atoms with Gasteiger partial charge in [0, 0.05) is 5.69 Å². The lowest BCUT2D eigenvalue weighted by Gasteiger charge is -2.37. The average Bonchev–Trinajstić information content (AvgIpc) is 2.94. The van der Waals surface area contributed by atoms with Crippen molar-refractivity contribution in [2.24, 2.45) is 5.73 Å². The lowest BCUT2D eigenvalue weighted by Crippen LogP contribution is -2.49. The highest BCUT2D eigenvalue weighted by Crippen LogP contribution is 2.43. The molecule has 0 radical (unpaired) electrons. The Morgan fingerprint density at radius 2 is 1.02 bits per heavy atom. The summed E-state index contributed by atoms with van der Waals surface area (Å²) in [6.07, 6.45) is 2.67. The molecular weight excluding hydrogens is 548 g/mol. The number of ether oxygens (including phenoxy) is 2. The van der Waals surface area contributed by atoms with Crippen molar-refractivity contribution >= 4 is 23.4 Å². The number of hydrogen-bond acceptors (Lipinski definition) is 4. The zero-order chi connectivity index (χ0) is 29.5. The van der Waals surface area contributed by atoms with E-state index < -0.39 is 87.1 Å². The van der Waals surface area contributed by atoms with Crippen molar-refractivity contribution in [3.8, 4) is 11.5 Å². The molecule has 4 nitrogen and oxygen atoms in total. The second-order valence-electron chi connectivity index (χ2n) is 8.48. The van der Waals surface area contributed by atoms with Crippen LogP contribution in [0.4, 0.5) is 40.8 Å². The van der Waals surface area contributed by atoms with Gasteiger partial charge >= 0.3 is 0 Å². The summed E-state index contributed by atoms with van der Waals surface area (Å²) >= 11 is 0. The fraction of sp³-hybridized carbons (Fsp3) is 0.0714. The quantitative estimate of drug-likeness (QED) is 0.138. The van der Waals surface area contributed by atoms with Gasteiger partial charge in [0.2, 0.25) is 34.8 Å². The summed E-state index contributed by atoms with van der Waals surface area (Å²) in [5, 5.41) is 0. The fourth-order valence-corrected chi connectivity index (χ4v) is 3.96. The van der Waals surface area contributed by atoms with E-state index in [0.29, 0.717) is 23.4 Å². The van der Waals surface area contributed by atoms with E-state index in [-0.39, 0.29) is 5.57 Å². The normalized spacial score (nSPS) is 14.3. The Balaban J connectivity index is 1.95. The monoisotopic (exact) mass is 566 g/mol. The summed E-state index contributed by atoms with van der Waals surface area (Å²) < 4.78 is 128. The van der Waals surface area contributed by atoms with Gasteiger partial charge in [-0.25, -0.2) is 17.6 Å². The summed E-state index contributed by atoms with van der Waals surface area (Å²) in [7, 11) is 0. The number of anilines is 1. The molecule has 0 fully saturated rings. The number of halogens is 8. The first-order valence-electron chi connectivity index (χ1n) is 11.2. The van der Waals surface area contributed by atoms with E-state index >= 15 is 0 Å². The minimum Gasteiger partial charge on any atom is -0.440 e. The molecule has 0 bridgehead atoms. The number of nitrogen functional groups attached to an aromatic ring is 1. The predicted octanol–water partition coefficient (Wildman–Crippen LogP) is 7.15. The van der Waals surface area contributed by atoms with E-state index in [9.17, 15) is 35.1 Å². The largest absolute Gasteiger partial charge is 0.440 e. The first-order valence-corrected chi connectivity index (χ1v) is 11.2. The van der Waals surface area contributed by atoms with Crippen LogP contribution in [0.3, 0.4) is 0 Å². The van der Waals surface area contributed by atoms with Gasteiger partial charge in [-0.05, 0) is 29.3 Å². The Morgan fingerprint density at radius 1 is 0.625 bits per heavy atom. The summed E-state index contributed by atoms with van der Waals surface area (Å²) in [5.74, 6) is -22.4. The van der Waals surface area contributed by atoms with Gasteiger partial charge in [0.25, 0.3) is 5.79 Å². The minimum absolute atomic E-state index is 0.183. The molecule has 0 spiro atoms. The highest BCUT2D eigenvalue weighted by atomic mass is 19.2. The van der Waals surface area contributed by atoms with Crippen molar-refractivity contribution in [3.05, 3.63) is 119 Å². The number of benzene rings is 3. The molecule has 0 atom stereocenters. The summed E-state index contributed by atoms with van der Waals surface area (Å²) in [6.45, 7) is 6.15. The maximum atomic E-state index is 15.0. The minimum atomic E-state index is -2.90. The molecule has 3 aromatic rings. The van der Waals surface area contributed by atoms with Crippen LogP contribution in [0.2, 0.25) is 0 Å². The van der Waals surface area contributed by atoms with Crippen LogP contribution in [0, 0.1) is 46.5 Å². The van der Waals surface area contributed by atoms with Crippen molar-refractivity contribution in [3.63, 3.8) is 0 Å². The van der Waals surface area contributed by atoms with Gasteiger partial charge in [0.15, 0.2) is 23.3 Å². The molecule has 0 amide bonds. The second kappa shape index (κ2) is 10.4. The molecule has 3 aromatic carbocycles. The summed E-state index contributed by atoms with van der Waals surface area (Å²) in [5.41, 5.74) is 9.58. The zero-order valence-corrected chi connectivity index (χ0v) is 20.2. The van der Waals surface area contributed by atoms with Crippen LogP contribution in [0.5, 0.6) is 11.5 Å². The molecule has 12 heteroatoms. The Morgan fingerprint density at radius 3 is 1.40 bits per heavy atom. The van der Waals surface area contributed by atoms with Crippen LogP contribution in [-0.4, -0.2) is 5.79 Å². The molecule has 0 unspecified atom stereocenters. The lowest BCUT2D eigenvalue weighted by molar-refractivity contribution is -0.0879. The highest BCUT2D eigenvalue weighted by molar-refractivity contribution is 5.71. The topological polar surface area (TPSA) is 70.5 Å². The van der Waals surface area contributed by atoms with Crippen LogP contribution in [0.15, 0.2) is 55.3 Å². The van der Waals surface area contributed by atoms with Crippen molar-refractivity contribution in [1.82, 2.24) is 0 Å². The van der Waals surface area contributed by atoms with E-state index in [0.717, 1.165) is 6.08 Å². The van der Waals surface area contributed by atoms with Crippen LogP contribution < -0.4 is 20.9 Å². The Kier molecular flexibility index (Phi) is 7.38. The van der Waals surface area contributed by atoms with Gasteiger partial charge in [-0.3, -0.25) is 0 Å². The number of allylic oxidation sites excluding steroid dienone is 2. The van der Waals surface area contributed by atoms with Gasteiger partial charge in [0.1, 0.15) is 0 Å². The Labute approximate surface area is 222 Å². The molecule has 0 aliphatic heterocycles. The Bertz CT molecular complexity index is 1480. The first kappa shape index (κ1) is 28.3. The number of hydrogen-bond donors (Lipinski definition) is 2. The highest BCUT2D eigenvalue weighted by Gasteiger charge is 2.46. The van der Waals surface area contributed by atoms with Crippen molar-refractivity contribution < 1.29 is 44.6 Å². The molecule has 208 valence electrons. The second-order valence-corrected chi connectivity index (χ2v) is 8.48. The summed E-state index contributed by atoms with van der Waals surface area (Å²) in [4.78, 5) is 0. The molecule has 1 aliphatic rings. The summed E-state index contributed by atoms with van der Waals surface area (Å²) in [6, 6.07) is 5.91. The zero-order valence-electron chi connectivity index (χ0n) is 20.2. The predicted molar refractivity (Wildman–Crippen MR) is 132 cm³/mol. The van der Waals surface area contributed by atoms with Crippen LogP contribution in [0.25, 0.3) is 17.7 Å². The average molecular weight is 566 g/mol. The smallest absolute Gasteiger partial charge is 0.296 e. The van der Waals surface area contributed by atoms with E-state index in [1.807, 2.05) is 0 Å². The van der Waals surface area contributed by atoms with E-state index in [1.54, 1.807) is 0 Å². The van der Waals surface area contributed by atoms with Crippen LogP contribution in [-0.2, 0) is 0 Å². The van der Waals surface area contributed by atoms with Gasteiger partial charge < -0.3 is 20.9 Å². The maximum Gasteiger partial charge on any atom is 0.296 e. The third-order valence-electron chi connectivity index (χ3n) is 6.06. The molecule has 4 rings (SSSR count). The fourth-order valence-electron chi connectivity index (χ4n) is 3.96. The van der Waals surface area contributed by atoms with Crippen molar-refractivity contribution in [2.75, 3.05) is 5.73 Å². The van der Waals surface area contributed by atoms with Crippen molar-refractivity contribution in [2.45, 2.75) is 12.2 Å². The van der Waals surface area contributed by atoms with Gasteiger partial charge in [-0.2, -0.15) is 17.6 Å². The van der Waals surface area contributed by atoms with Crippen LogP contribution in [0.1, 0.15) is 23.1 Å². The molecule has 40 heavy (non-hydrogen) atoms. The van der Waals surface area contributed by atoms with Gasteiger partial charge in [0.05, 0.1) is 23.2 Å². The third-order valence-corrected chi connectivity index (χ3v) is 6.06.